The molecule has 102 valence electrons. The third-order valence-electron chi connectivity index (χ3n) is 3.72. The first-order chi connectivity index (χ1) is 8.39. The van der Waals surface area contributed by atoms with Crippen LogP contribution in [-0.2, 0) is 4.79 Å². The highest BCUT2D eigenvalue weighted by Crippen LogP contribution is 2.23. The molecule has 0 aromatic carbocycles. The summed E-state index contributed by atoms with van der Waals surface area (Å²) in [5, 5.41) is 2.83. The first kappa shape index (κ1) is 13.2. The smallest absolute Gasteiger partial charge is 0.317 e. The second kappa shape index (κ2) is 4.78. The Balaban J connectivity index is 1.88. The van der Waals surface area contributed by atoms with Crippen LogP contribution in [0.4, 0.5) is 4.79 Å². The van der Waals surface area contributed by atoms with Gasteiger partial charge in [0.2, 0.25) is 5.91 Å². The van der Waals surface area contributed by atoms with E-state index in [1.807, 2.05) is 30.6 Å². The van der Waals surface area contributed by atoms with Crippen molar-refractivity contribution in [2.75, 3.05) is 26.2 Å². The number of hydrogen-bond donors (Lipinski definition) is 1. The molecule has 2 aliphatic heterocycles. The normalized spacial score (nSPS) is 22.3. The summed E-state index contributed by atoms with van der Waals surface area (Å²) in [4.78, 5) is 27.6. The summed E-state index contributed by atoms with van der Waals surface area (Å²) in [7, 11) is 0. The zero-order chi connectivity index (χ0) is 13.3. The van der Waals surface area contributed by atoms with Crippen molar-refractivity contribution in [3.63, 3.8) is 0 Å². The van der Waals surface area contributed by atoms with Gasteiger partial charge in [-0.05, 0) is 12.8 Å². The summed E-state index contributed by atoms with van der Waals surface area (Å²) in [6.45, 7) is 8.95. The van der Waals surface area contributed by atoms with E-state index in [1.54, 1.807) is 0 Å². The second-order valence-electron chi connectivity index (χ2n) is 6.20. The van der Waals surface area contributed by atoms with Gasteiger partial charge in [-0.2, -0.15) is 0 Å². The summed E-state index contributed by atoms with van der Waals surface area (Å²) >= 11 is 0. The predicted octanol–water partition coefficient (Wildman–Crippen LogP) is 1.05. The highest BCUT2D eigenvalue weighted by atomic mass is 16.2. The van der Waals surface area contributed by atoms with E-state index in [9.17, 15) is 9.59 Å². The number of carbonyl (C=O) groups excluding carboxylic acids is 2. The van der Waals surface area contributed by atoms with Gasteiger partial charge in [-0.25, -0.2) is 4.79 Å². The molecule has 2 fully saturated rings. The first-order valence-corrected chi connectivity index (χ1v) is 6.73. The lowest BCUT2D eigenvalue weighted by molar-refractivity contribution is -0.140. The van der Waals surface area contributed by atoms with E-state index in [0.717, 1.165) is 39.0 Å². The van der Waals surface area contributed by atoms with Gasteiger partial charge in [0.15, 0.2) is 0 Å². The third-order valence-corrected chi connectivity index (χ3v) is 3.72. The highest BCUT2D eigenvalue weighted by Gasteiger charge is 2.34. The molecule has 0 aliphatic carbocycles. The summed E-state index contributed by atoms with van der Waals surface area (Å²) in [6, 6.07) is 0.354. The summed E-state index contributed by atoms with van der Waals surface area (Å²) in [5.74, 6) is 0.215. The van der Waals surface area contributed by atoms with Crippen LogP contribution >= 0.6 is 0 Å². The molecule has 0 spiro atoms. The average molecular weight is 253 g/mol. The number of carbonyl (C=O) groups is 2. The number of nitrogens with zero attached hydrogens (tertiary/aromatic N) is 2. The van der Waals surface area contributed by atoms with Gasteiger partial charge in [-0.15, -0.1) is 0 Å². The molecule has 18 heavy (non-hydrogen) atoms. The quantitative estimate of drug-likeness (QED) is 0.759. The van der Waals surface area contributed by atoms with E-state index in [2.05, 4.69) is 5.32 Å². The molecule has 0 radical (unpaired) electrons. The molecule has 1 N–H and O–H groups in total. The lowest BCUT2D eigenvalue weighted by Gasteiger charge is -2.38. The Kier molecular flexibility index (Phi) is 3.50. The molecule has 0 bridgehead atoms. The first-order valence-electron chi connectivity index (χ1n) is 6.73. The van der Waals surface area contributed by atoms with Crippen LogP contribution in [0.3, 0.4) is 0 Å². The Hall–Kier alpha value is -1.26. The highest BCUT2D eigenvalue weighted by molar-refractivity contribution is 5.81. The molecule has 0 unspecified atom stereocenters. The van der Waals surface area contributed by atoms with Gasteiger partial charge in [-0.3, -0.25) is 4.79 Å². The molecule has 3 amide bonds. The molecule has 0 saturated carbocycles. The minimum absolute atomic E-state index is 0.0515. The minimum Gasteiger partial charge on any atom is -0.342 e. The molecule has 2 rings (SSSR count). The van der Waals surface area contributed by atoms with Crippen LogP contribution in [-0.4, -0.2) is 54.0 Å². The molecule has 0 aromatic rings. The topological polar surface area (TPSA) is 52.7 Å². The van der Waals surface area contributed by atoms with Crippen LogP contribution < -0.4 is 5.32 Å². The number of hydrogen-bond acceptors (Lipinski definition) is 2. The van der Waals surface area contributed by atoms with Gasteiger partial charge in [0.1, 0.15) is 0 Å². The van der Waals surface area contributed by atoms with Crippen molar-refractivity contribution in [2.45, 2.75) is 39.7 Å². The van der Waals surface area contributed by atoms with Crippen molar-refractivity contribution in [1.82, 2.24) is 15.1 Å². The van der Waals surface area contributed by atoms with E-state index in [0.29, 0.717) is 6.04 Å². The Morgan fingerprint density at radius 2 is 1.83 bits per heavy atom. The van der Waals surface area contributed by atoms with Crippen LogP contribution in [0.2, 0.25) is 0 Å². The van der Waals surface area contributed by atoms with Gasteiger partial charge in [0.05, 0.1) is 0 Å². The zero-order valence-electron chi connectivity index (χ0n) is 11.5. The van der Waals surface area contributed by atoms with Crippen molar-refractivity contribution in [1.29, 1.82) is 0 Å². The maximum atomic E-state index is 12.1. The average Bonchev–Trinajstić information content (AvgIpc) is 2.73. The Morgan fingerprint density at radius 3 is 2.28 bits per heavy atom. The van der Waals surface area contributed by atoms with Gasteiger partial charge in [-0.1, -0.05) is 20.8 Å². The molecular formula is C13H23N3O2. The lowest BCUT2D eigenvalue weighted by atomic mass is 9.93. The van der Waals surface area contributed by atoms with Gasteiger partial charge < -0.3 is 15.1 Å². The monoisotopic (exact) mass is 253 g/mol. The van der Waals surface area contributed by atoms with E-state index < -0.39 is 0 Å². The van der Waals surface area contributed by atoms with Crippen molar-refractivity contribution in [2.24, 2.45) is 5.41 Å². The number of amides is 3. The van der Waals surface area contributed by atoms with Gasteiger partial charge in [0.25, 0.3) is 0 Å². The Bertz CT molecular complexity index is 341. The van der Waals surface area contributed by atoms with Crippen LogP contribution in [0.25, 0.3) is 0 Å². The van der Waals surface area contributed by atoms with Crippen LogP contribution in [0, 0.1) is 5.41 Å². The number of piperidine rings is 1. The van der Waals surface area contributed by atoms with Crippen molar-refractivity contribution in [3.8, 4) is 0 Å². The van der Waals surface area contributed by atoms with Gasteiger partial charge >= 0.3 is 6.03 Å². The Labute approximate surface area is 108 Å². The SMILES string of the molecule is CC(C)(C)C(=O)N1CCC(N2CCNC2=O)CC1. The number of urea groups is 1. The molecule has 2 aliphatic rings. The Morgan fingerprint density at radius 1 is 1.22 bits per heavy atom. The van der Waals surface area contributed by atoms with E-state index in [-0.39, 0.29) is 17.4 Å². The van der Waals surface area contributed by atoms with E-state index in [1.165, 1.54) is 0 Å². The molecule has 2 heterocycles. The molecule has 0 atom stereocenters. The van der Waals surface area contributed by atoms with Gasteiger partial charge in [0, 0.05) is 37.6 Å². The molecule has 5 heteroatoms. The maximum Gasteiger partial charge on any atom is 0.317 e. The molecule has 2 saturated heterocycles. The second-order valence-corrected chi connectivity index (χ2v) is 6.20. The predicted molar refractivity (Wildman–Crippen MR) is 69.2 cm³/mol. The van der Waals surface area contributed by atoms with Crippen molar-refractivity contribution in [3.05, 3.63) is 0 Å². The summed E-state index contributed by atoms with van der Waals surface area (Å²) < 4.78 is 0. The van der Waals surface area contributed by atoms with Crippen LogP contribution in [0.1, 0.15) is 33.6 Å². The molecular weight excluding hydrogens is 230 g/mol. The van der Waals surface area contributed by atoms with Crippen molar-refractivity contribution >= 4 is 11.9 Å². The fourth-order valence-corrected chi connectivity index (χ4v) is 2.69. The van der Waals surface area contributed by atoms with E-state index in [4.69, 9.17) is 0 Å². The molecule has 5 nitrogen and oxygen atoms in total. The number of likely N-dealkylation sites (tertiary alicyclic amines) is 1. The zero-order valence-corrected chi connectivity index (χ0v) is 11.5. The van der Waals surface area contributed by atoms with Crippen molar-refractivity contribution < 1.29 is 9.59 Å². The largest absolute Gasteiger partial charge is 0.342 e. The number of nitrogens with one attached hydrogen (secondary N) is 1. The molecule has 0 aromatic heterocycles. The van der Waals surface area contributed by atoms with E-state index >= 15 is 0 Å². The minimum atomic E-state index is -0.308. The maximum absolute atomic E-state index is 12.1. The lowest BCUT2D eigenvalue weighted by Crippen LogP contribution is -2.50. The fraction of sp³-hybridized carbons (Fsp3) is 0.846. The van der Waals surface area contributed by atoms with Crippen LogP contribution in [0.15, 0.2) is 0 Å². The third kappa shape index (κ3) is 2.60. The standard InChI is InChI=1S/C13H23N3O2/c1-13(2,3)11(17)15-7-4-10(5-8-15)16-9-6-14-12(16)18/h10H,4-9H2,1-3H3,(H,14,18). The summed E-state index contributed by atoms with van der Waals surface area (Å²) in [6.07, 6.45) is 1.80. The fourth-order valence-electron chi connectivity index (χ4n) is 2.69. The number of rotatable bonds is 1. The summed E-state index contributed by atoms with van der Waals surface area (Å²) in [5.41, 5.74) is -0.308. The van der Waals surface area contributed by atoms with Crippen LogP contribution in [0.5, 0.6) is 0 Å².